The van der Waals surface area contributed by atoms with Gasteiger partial charge in [0.05, 0.1) is 17.9 Å². The number of nitrogens with one attached hydrogen (secondary N) is 1. The Hall–Kier alpha value is -3.71. The van der Waals surface area contributed by atoms with E-state index in [1.807, 2.05) is 54.6 Å². The van der Waals surface area contributed by atoms with Crippen LogP contribution < -0.4 is 15.0 Å². The molecule has 0 unspecified atom stereocenters. The van der Waals surface area contributed by atoms with Crippen molar-refractivity contribution in [3.05, 3.63) is 88.1 Å². The van der Waals surface area contributed by atoms with Gasteiger partial charge in [0.25, 0.3) is 5.91 Å². The average Bonchev–Trinajstić information content (AvgIpc) is 3.22. The molecule has 6 nitrogen and oxygen atoms in total. The van der Waals surface area contributed by atoms with Crippen LogP contribution in [0.15, 0.2) is 72.6 Å². The number of likely N-dealkylation sites (N-methyl/N-ethyl adjacent to an activating group) is 1. The number of anilines is 1. The summed E-state index contributed by atoms with van der Waals surface area (Å²) in [5, 5.41) is 2.80. The zero-order chi connectivity index (χ0) is 20.9. The molecule has 0 bridgehead atoms. The van der Waals surface area contributed by atoms with Crippen LogP contribution in [-0.4, -0.2) is 23.8 Å². The molecule has 1 aromatic carbocycles. The van der Waals surface area contributed by atoms with Gasteiger partial charge in [-0.25, -0.2) is 0 Å². The van der Waals surface area contributed by atoms with Gasteiger partial charge in [0.1, 0.15) is 0 Å². The fourth-order valence-corrected chi connectivity index (χ4v) is 3.76. The molecule has 0 saturated carbocycles. The van der Waals surface area contributed by atoms with Crippen molar-refractivity contribution in [3.63, 3.8) is 0 Å². The molecule has 0 radical (unpaired) electrons. The van der Waals surface area contributed by atoms with Gasteiger partial charge >= 0.3 is 0 Å². The Morgan fingerprint density at radius 3 is 2.77 bits per heavy atom. The molecule has 0 saturated heterocycles. The molecular weight excluding hydrogens is 398 g/mol. The van der Waals surface area contributed by atoms with Gasteiger partial charge in [-0.05, 0) is 42.5 Å². The number of hydrogen-bond acceptors (Lipinski definition) is 5. The number of aromatic nitrogens is 1. The van der Waals surface area contributed by atoms with Crippen molar-refractivity contribution < 1.29 is 14.3 Å². The number of benzene rings is 1. The zero-order valence-electron chi connectivity index (χ0n) is 16.2. The van der Waals surface area contributed by atoms with Crippen molar-refractivity contribution in [2.45, 2.75) is 6.54 Å². The number of hydrogen-bond donors (Lipinski definition) is 1. The predicted octanol–water partition coefficient (Wildman–Crippen LogP) is 3.87. The Bertz CT molecular complexity index is 1140. The Morgan fingerprint density at radius 2 is 1.93 bits per heavy atom. The van der Waals surface area contributed by atoms with Crippen molar-refractivity contribution in [2.24, 2.45) is 0 Å². The summed E-state index contributed by atoms with van der Waals surface area (Å²) in [6.45, 7) is 0.375. The van der Waals surface area contributed by atoms with E-state index in [-0.39, 0.29) is 17.6 Å². The summed E-state index contributed by atoms with van der Waals surface area (Å²) < 4.78 is 5.79. The van der Waals surface area contributed by atoms with Crippen molar-refractivity contribution in [1.82, 2.24) is 10.3 Å². The number of carbonyl (C=O) groups excluding carboxylic acids is 2. The summed E-state index contributed by atoms with van der Waals surface area (Å²) in [5.74, 6) is 0.514. The third-order valence-electron chi connectivity index (χ3n) is 4.45. The maximum absolute atomic E-state index is 12.6. The number of amides is 2. The van der Waals surface area contributed by atoms with E-state index in [9.17, 15) is 9.59 Å². The summed E-state index contributed by atoms with van der Waals surface area (Å²) in [4.78, 5) is 32.1. The molecule has 0 fully saturated rings. The molecule has 1 N–H and O–H groups in total. The SMILES string of the molecule is CN1C(=O)/C(=C\c2ccc(/C=C/C(=O)NCc3ccccn3)s2)Oc2ccccc21. The van der Waals surface area contributed by atoms with Gasteiger partial charge in [0.2, 0.25) is 5.91 Å². The molecule has 2 aromatic heterocycles. The lowest BCUT2D eigenvalue weighted by Crippen LogP contribution is -2.33. The van der Waals surface area contributed by atoms with Crippen LogP contribution in [-0.2, 0) is 16.1 Å². The van der Waals surface area contributed by atoms with Gasteiger partial charge in [0.15, 0.2) is 11.5 Å². The second kappa shape index (κ2) is 8.75. The van der Waals surface area contributed by atoms with E-state index in [2.05, 4.69) is 10.3 Å². The van der Waals surface area contributed by atoms with E-state index in [1.165, 1.54) is 17.4 Å². The molecule has 4 rings (SSSR count). The van der Waals surface area contributed by atoms with E-state index in [4.69, 9.17) is 4.74 Å². The van der Waals surface area contributed by atoms with Crippen molar-refractivity contribution in [1.29, 1.82) is 0 Å². The fraction of sp³-hybridized carbons (Fsp3) is 0.0870. The van der Waals surface area contributed by atoms with Crippen LogP contribution in [0.4, 0.5) is 5.69 Å². The quantitative estimate of drug-likeness (QED) is 0.640. The summed E-state index contributed by atoms with van der Waals surface area (Å²) in [6, 6.07) is 16.8. The molecule has 3 aromatic rings. The molecule has 3 heterocycles. The first-order valence-corrected chi connectivity index (χ1v) is 10.1. The van der Waals surface area contributed by atoms with E-state index >= 15 is 0 Å². The van der Waals surface area contributed by atoms with Crippen LogP contribution >= 0.6 is 11.3 Å². The molecule has 1 aliphatic heterocycles. The number of thiophene rings is 1. The first-order valence-electron chi connectivity index (χ1n) is 9.32. The number of carbonyl (C=O) groups is 2. The summed E-state index contributed by atoms with van der Waals surface area (Å²) in [5.41, 5.74) is 1.54. The van der Waals surface area contributed by atoms with Gasteiger partial charge in [-0.1, -0.05) is 18.2 Å². The van der Waals surface area contributed by atoms with Crippen LogP contribution in [0, 0.1) is 0 Å². The maximum atomic E-state index is 12.6. The fourth-order valence-electron chi connectivity index (χ4n) is 2.91. The highest BCUT2D eigenvalue weighted by Crippen LogP contribution is 2.35. The first kappa shape index (κ1) is 19.6. The summed E-state index contributed by atoms with van der Waals surface area (Å²) in [7, 11) is 1.73. The summed E-state index contributed by atoms with van der Waals surface area (Å²) >= 11 is 1.46. The topological polar surface area (TPSA) is 71.5 Å². The molecule has 0 aliphatic carbocycles. The number of nitrogens with zero attached hydrogens (tertiary/aromatic N) is 2. The Labute approximate surface area is 178 Å². The van der Waals surface area contributed by atoms with Gasteiger partial charge in [-0.3, -0.25) is 14.6 Å². The molecule has 7 heteroatoms. The Kier molecular flexibility index (Phi) is 5.72. The van der Waals surface area contributed by atoms with Crippen molar-refractivity contribution >= 4 is 41.0 Å². The average molecular weight is 417 g/mol. The third-order valence-corrected chi connectivity index (χ3v) is 5.45. The number of para-hydroxylation sites is 2. The second-order valence-electron chi connectivity index (χ2n) is 6.55. The lowest BCUT2D eigenvalue weighted by atomic mass is 10.2. The monoisotopic (exact) mass is 417 g/mol. The standard InChI is InChI=1S/C23H19N3O3S/c1-26-19-7-2-3-8-20(19)29-21(23(26)28)14-18-10-9-17(30-18)11-12-22(27)25-15-16-6-4-5-13-24-16/h2-14H,15H2,1H3,(H,25,27)/b12-11+,21-14+. The van der Waals surface area contributed by atoms with Gasteiger partial charge in [-0.15, -0.1) is 11.3 Å². The van der Waals surface area contributed by atoms with E-state index in [1.54, 1.807) is 30.3 Å². The lowest BCUT2D eigenvalue weighted by Gasteiger charge is -2.27. The Balaban J connectivity index is 1.41. The van der Waals surface area contributed by atoms with Crippen LogP contribution in [0.5, 0.6) is 5.75 Å². The molecule has 30 heavy (non-hydrogen) atoms. The minimum atomic E-state index is -0.201. The van der Waals surface area contributed by atoms with Gasteiger partial charge < -0.3 is 15.0 Å². The molecular formula is C23H19N3O3S. The van der Waals surface area contributed by atoms with Gasteiger partial charge in [0, 0.05) is 35.2 Å². The zero-order valence-corrected chi connectivity index (χ0v) is 17.1. The Morgan fingerprint density at radius 1 is 1.13 bits per heavy atom. The van der Waals surface area contributed by atoms with Gasteiger partial charge in [-0.2, -0.15) is 0 Å². The molecule has 0 spiro atoms. The minimum Gasteiger partial charge on any atom is -0.449 e. The molecule has 0 atom stereocenters. The van der Waals surface area contributed by atoms with Crippen LogP contribution in [0.25, 0.3) is 12.2 Å². The van der Waals surface area contributed by atoms with Crippen LogP contribution in [0.3, 0.4) is 0 Å². The van der Waals surface area contributed by atoms with Crippen molar-refractivity contribution in [2.75, 3.05) is 11.9 Å². The number of fused-ring (bicyclic) bond motifs is 1. The highest BCUT2D eigenvalue weighted by Gasteiger charge is 2.27. The van der Waals surface area contributed by atoms with Crippen LogP contribution in [0.2, 0.25) is 0 Å². The minimum absolute atomic E-state index is 0.196. The number of pyridine rings is 1. The molecule has 150 valence electrons. The highest BCUT2D eigenvalue weighted by molar-refractivity contribution is 7.13. The van der Waals surface area contributed by atoms with Crippen molar-refractivity contribution in [3.8, 4) is 5.75 Å². The maximum Gasteiger partial charge on any atom is 0.293 e. The third kappa shape index (κ3) is 4.47. The number of rotatable bonds is 5. The molecule has 1 aliphatic rings. The second-order valence-corrected chi connectivity index (χ2v) is 7.70. The van der Waals surface area contributed by atoms with E-state index in [0.29, 0.717) is 12.3 Å². The largest absolute Gasteiger partial charge is 0.449 e. The van der Waals surface area contributed by atoms with E-state index in [0.717, 1.165) is 21.1 Å². The lowest BCUT2D eigenvalue weighted by molar-refractivity contribution is -0.117. The predicted molar refractivity (Wildman–Crippen MR) is 118 cm³/mol. The first-order chi connectivity index (χ1) is 14.6. The smallest absolute Gasteiger partial charge is 0.293 e. The normalized spacial score (nSPS) is 14.6. The summed E-state index contributed by atoms with van der Waals surface area (Å²) in [6.07, 6.45) is 6.64. The van der Waals surface area contributed by atoms with E-state index < -0.39 is 0 Å². The van der Waals surface area contributed by atoms with Crippen LogP contribution in [0.1, 0.15) is 15.4 Å². The molecule has 2 amide bonds. The number of ether oxygens (including phenoxy) is 1. The highest BCUT2D eigenvalue weighted by atomic mass is 32.1.